The molecule has 3 aromatic rings. The van der Waals surface area contributed by atoms with E-state index in [-0.39, 0.29) is 12.5 Å². The highest BCUT2D eigenvalue weighted by Crippen LogP contribution is 2.32. The quantitative estimate of drug-likeness (QED) is 0.594. The Morgan fingerprint density at radius 1 is 1.03 bits per heavy atom. The van der Waals surface area contributed by atoms with Crippen LogP contribution in [0.4, 0.5) is 14.7 Å². The summed E-state index contributed by atoms with van der Waals surface area (Å²) in [6.45, 7) is 3.64. The molecule has 3 heterocycles. The molecule has 0 unspecified atom stereocenters. The zero-order valence-electron chi connectivity index (χ0n) is 18.1. The molecule has 0 bridgehead atoms. The maximum atomic E-state index is 13.5. The molecule has 33 heavy (non-hydrogen) atoms. The Kier molecular flexibility index (Phi) is 6.04. The van der Waals surface area contributed by atoms with Crippen LogP contribution in [0.15, 0.2) is 42.9 Å². The molecule has 7 nitrogen and oxygen atoms in total. The van der Waals surface area contributed by atoms with Crippen molar-refractivity contribution in [1.82, 2.24) is 19.9 Å². The number of rotatable bonds is 7. The van der Waals surface area contributed by atoms with Gasteiger partial charge in [-0.2, -0.15) is 0 Å². The summed E-state index contributed by atoms with van der Waals surface area (Å²) in [5.74, 6) is -0.399. The fourth-order valence-corrected chi connectivity index (χ4v) is 3.97. The van der Waals surface area contributed by atoms with E-state index >= 15 is 0 Å². The van der Waals surface area contributed by atoms with Crippen LogP contribution in [0, 0.1) is 17.6 Å². The number of nitrogens with one attached hydrogen (secondary N) is 1. The van der Waals surface area contributed by atoms with Crippen LogP contribution in [0.2, 0.25) is 0 Å². The van der Waals surface area contributed by atoms with Gasteiger partial charge in [0.15, 0.2) is 0 Å². The average Bonchev–Trinajstić information content (AvgIpc) is 3.54. The molecule has 1 saturated heterocycles. The molecule has 1 N–H and O–H groups in total. The number of carbonyl (C=O) groups is 1. The van der Waals surface area contributed by atoms with Gasteiger partial charge in [-0.3, -0.25) is 4.79 Å². The highest BCUT2D eigenvalue weighted by molar-refractivity contribution is 5.94. The van der Waals surface area contributed by atoms with E-state index in [2.05, 4.69) is 20.2 Å². The number of hydrogen-bond acceptors (Lipinski definition) is 5. The fraction of sp³-hybridized carbons (Fsp3) is 0.375. The van der Waals surface area contributed by atoms with Gasteiger partial charge < -0.3 is 19.5 Å². The van der Waals surface area contributed by atoms with Gasteiger partial charge in [0.25, 0.3) is 5.91 Å². The van der Waals surface area contributed by atoms with Crippen molar-refractivity contribution in [1.29, 1.82) is 0 Å². The molecule has 0 atom stereocenters. The molecule has 1 aliphatic heterocycles. The van der Waals surface area contributed by atoms with Gasteiger partial charge in [0, 0.05) is 62.0 Å². The van der Waals surface area contributed by atoms with Crippen molar-refractivity contribution in [3.63, 3.8) is 0 Å². The van der Waals surface area contributed by atoms with Crippen LogP contribution in [0.1, 0.15) is 28.9 Å². The number of nitrogens with zero attached hydrogens (tertiary/aromatic N) is 4. The third-order valence-electron chi connectivity index (χ3n) is 5.92. The standard InChI is InChI=1S/C24H25F2N5O2/c25-20-7-17(8-21(26)10-20)11-27-23(32)22-9-18(15-31(22)14-16-1-2-16)19-12-28-24(29-13-19)30-3-5-33-6-4-30/h7-10,12-13,15-16H,1-6,11,14H2,(H,27,32). The van der Waals surface area contributed by atoms with Gasteiger partial charge in [0.2, 0.25) is 5.95 Å². The van der Waals surface area contributed by atoms with Crippen LogP contribution in [-0.2, 0) is 17.8 Å². The van der Waals surface area contributed by atoms with Gasteiger partial charge in [0.05, 0.1) is 13.2 Å². The minimum absolute atomic E-state index is 0.0365. The highest BCUT2D eigenvalue weighted by atomic mass is 19.1. The molecule has 0 spiro atoms. The number of morpholine rings is 1. The molecule has 2 fully saturated rings. The Labute approximate surface area is 190 Å². The third kappa shape index (κ3) is 5.19. The fourth-order valence-electron chi connectivity index (χ4n) is 3.97. The molecular formula is C24H25F2N5O2. The summed E-state index contributed by atoms with van der Waals surface area (Å²) < 4.78 is 34.2. The van der Waals surface area contributed by atoms with E-state index in [4.69, 9.17) is 4.74 Å². The van der Waals surface area contributed by atoms with Crippen LogP contribution in [0.3, 0.4) is 0 Å². The Morgan fingerprint density at radius 2 is 1.73 bits per heavy atom. The second-order valence-electron chi connectivity index (χ2n) is 8.54. The molecule has 9 heteroatoms. The Balaban J connectivity index is 1.34. The highest BCUT2D eigenvalue weighted by Gasteiger charge is 2.25. The summed E-state index contributed by atoms with van der Waals surface area (Å²) in [7, 11) is 0. The number of carbonyl (C=O) groups excluding carboxylic acids is 1. The molecule has 2 aliphatic rings. The zero-order valence-corrected chi connectivity index (χ0v) is 18.1. The number of ether oxygens (including phenoxy) is 1. The van der Waals surface area contributed by atoms with E-state index in [0.29, 0.717) is 36.3 Å². The zero-order chi connectivity index (χ0) is 22.8. The molecule has 172 valence electrons. The number of aromatic nitrogens is 3. The second kappa shape index (κ2) is 9.27. The van der Waals surface area contributed by atoms with E-state index in [1.807, 2.05) is 16.8 Å². The maximum Gasteiger partial charge on any atom is 0.268 e. The predicted octanol–water partition coefficient (Wildman–Crippen LogP) is 3.40. The topological polar surface area (TPSA) is 72.3 Å². The molecule has 0 radical (unpaired) electrons. The predicted molar refractivity (Wildman–Crippen MR) is 119 cm³/mol. The Hall–Kier alpha value is -3.33. The van der Waals surface area contributed by atoms with E-state index in [0.717, 1.165) is 49.7 Å². The van der Waals surface area contributed by atoms with Crippen molar-refractivity contribution < 1.29 is 18.3 Å². The van der Waals surface area contributed by atoms with Crippen molar-refractivity contribution in [2.24, 2.45) is 5.92 Å². The first-order chi connectivity index (χ1) is 16.0. The molecule has 1 aromatic carbocycles. The Bertz CT molecular complexity index is 1120. The second-order valence-corrected chi connectivity index (χ2v) is 8.54. The van der Waals surface area contributed by atoms with Crippen molar-refractivity contribution >= 4 is 11.9 Å². The molecule has 2 aromatic heterocycles. The van der Waals surface area contributed by atoms with Gasteiger partial charge in [0.1, 0.15) is 17.3 Å². The molecular weight excluding hydrogens is 428 g/mol. The summed E-state index contributed by atoms with van der Waals surface area (Å²) >= 11 is 0. The van der Waals surface area contributed by atoms with Crippen LogP contribution >= 0.6 is 0 Å². The molecule has 5 rings (SSSR count). The number of hydrogen-bond donors (Lipinski definition) is 1. The lowest BCUT2D eigenvalue weighted by molar-refractivity contribution is 0.0941. The third-order valence-corrected chi connectivity index (χ3v) is 5.92. The van der Waals surface area contributed by atoms with E-state index in [1.165, 1.54) is 12.1 Å². The van der Waals surface area contributed by atoms with Crippen molar-refractivity contribution in [2.45, 2.75) is 25.9 Å². The maximum absolute atomic E-state index is 13.5. The van der Waals surface area contributed by atoms with Crippen LogP contribution in [0.25, 0.3) is 11.1 Å². The number of amides is 1. The molecule has 1 saturated carbocycles. The summed E-state index contributed by atoms with van der Waals surface area (Å²) in [6.07, 6.45) is 7.78. The first-order valence-electron chi connectivity index (χ1n) is 11.1. The monoisotopic (exact) mass is 453 g/mol. The normalized spacial score (nSPS) is 16.1. The lowest BCUT2D eigenvalue weighted by Crippen LogP contribution is -2.37. The van der Waals surface area contributed by atoms with Crippen LogP contribution in [-0.4, -0.2) is 46.7 Å². The summed E-state index contributed by atoms with van der Waals surface area (Å²) in [4.78, 5) is 24.0. The minimum Gasteiger partial charge on any atom is -0.378 e. The van der Waals surface area contributed by atoms with Gasteiger partial charge in [-0.1, -0.05) is 0 Å². The smallest absolute Gasteiger partial charge is 0.268 e. The lowest BCUT2D eigenvalue weighted by Gasteiger charge is -2.26. The van der Waals surface area contributed by atoms with E-state index in [9.17, 15) is 13.6 Å². The van der Waals surface area contributed by atoms with Crippen molar-refractivity contribution in [2.75, 3.05) is 31.2 Å². The van der Waals surface area contributed by atoms with Gasteiger partial charge in [-0.15, -0.1) is 0 Å². The minimum atomic E-state index is -0.667. The van der Waals surface area contributed by atoms with Gasteiger partial charge in [-0.05, 0) is 42.5 Å². The largest absolute Gasteiger partial charge is 0.378 e. The number of halogens is 2. The van der Waals surface area contributed by atoms with Gasteiger partial charge in [-0.25, -0.2) is 18.7 Å². The number of benzene rings is 1. The summed E-state index contributed by atoms with van der Waals surface area (Å²) in [5.41, 5.74) is 2.55. The first-order valence-corrected chi connectivity index (χ1v) is 11.1. The number of anilines is 1. The van der Waals surface area contributed by atoms with Gasteiger partial charge >= 0.3 is 0 Å². The summed E-state index contributed by atoms with van der Waals surface area (Å²) in [5, 5.41) is 2.78. The van der Waals surface area contributed by atoms with Crippen LogP contribution < -0.4 is 10.2 Å². The average molecular weight is 453 g/mol. The first kappa shape index (κ1) is 21.5. The van der Waals surface area contributed by atoms with Crippen molar-refractivity contribution in [3.8, 4) is 11.1 Å². The molecule has 1 aliphatic carbocycles. The van der Waals surface area contributed by atoms with E-state index < -0.39 is 11.6 Å². The Morgan fingerprint density at radius 3 is 2.39 bits per heavy atom. The lowest BCUT2D eigenvalue weighted by atomic mass is 10.2. The van der Waals surface area contributed by atoms with Crippen LogP contribution in [0.5, 0.6) is 0 Å². The van der Waals surface area contributed by atoms with Crippen molar-refractivity contribution in [3.05, 3.63) is 65.7 Å². The molecule has 1 amide bonds. The summed E-state index contributed by atoms with van der Waals surface area (Å²) in [6, 6.07) is 5.05. The van der Waals surface area contributed by atoms with E-state index in [1.54, 1.807) is 12.4 Å². The SMILES string of the molecule is O=C(NCc1cc(F)cc(F)c1)c1cc(-c2cnc(N3CCOCC3)nc2)cn1CC1CC1.